The molecule has 0 radical (unpaired) electrons. The van der Waals surface area contributed by atoms with E-state index in [0.717, 1.165) is 0 Å². The number of carbonyl (C=O) groups is 2. The predicted molar refractivity (Wildman–Crippen MR) is 63.6 cm³/mol. The van der Waals surface area contributed by atoms with Gasteiger partial charge in [-0.1, -0.05) is 0 Å². The standard InChI is InChI=1S/C12H18N2O3/c1-11(2,3)17-10(16)14-12(4,8-15)9-5-6-13-7-9/h5-8,13H,1-4H3,(H,14,16). The van der Waals surface area contributed by atoms with Crippen molar-refractivity contribution in [1.82, 2.24) is 10.3 Å². The molecule has 0 aliphatic rings. The van der Waals surface area contributed by atoms with E-state index in [1.54, 1.807) is 46.2 Å². The summed E-state index contributed by atoms with van der Waals surface area (Å²) in [5.74, 6) is 0. The van der Waals surface area contributed by atoms with Crippen molar-refractivity contribution in [3.8, 4) is 0 Å². The fourth-order valence-corrected chi connectivity index (χ4v) is 1.33. The molecule has 94 valence electrons. The lowest BCUT2D eigenvalue weighted by molar-refractivity contribution is -0.113. The Morgan fingerprint density at radius 2 is 2.06 bits per heavy atom. The molecule has 0 aliphatic heterocycles. The first-order valence-electron chi connectivity index (χ1n) is 5.37. The van der Waals surface area contributed by atoms with E-state index < -0.39 is 17.2 Å². The molecule has 2 N–H and O–H groups in total. The number of amides is 1. The molecule has 5 nitrogen and oxygen atoms in total. The largest absolute Gasteiger partial charge is 0.444 e. The average molecular weight is 238 g/mol. The number of aromatic amines is 1. The molecule has 1 amide bonds. The van der Waals surface area contributed by atoms with Crippen molar-refractivity contribution in [2.45, 2.75) is 38.8 Å². The van der Waals surface area contributed by atoms with Gasteiger partial charge in [-0.05, 0) is 33.8 Å². The van der Waals surface area contributed by atoms with Gasteiger partial charge < -0.3 is 19.8 Å². The Balaban J connectivity index is 2.77. The van der Waals surface area contributed by atoms with Gasteiger partial charge in [-0.2, -0.15) is 0 Å². The zero-order chi connectivity index (χ0) is 13.1. The van der Waals surface area contributed by atoms with E-state index in [2.05, 4.69) is 10.3 Å². The summed E-state index contributed by atoms with van der Waals surface area (Å²) in [6.07, 6.45) is 3.41. The second kappa shape index (κ2) is 4.61. The summed E-state index contributed by atoms with van der Waals surface area (Å²) in [7, 11) is 0. The quantitative estimate of drug-likeness (QED) is 0.791. The molecule has 1 atom stereocenters. The summed E-state index contributed by atoms with van der Waals surface area (Å²) >= 11 is 0. The number of nitrogens with one attached hydrogen (secondary N) is 2. The fraction of sp³-hybridized carbons (Fsp3) is 0.500. The molecule has 0 spiro atoms. The maximum Gasteiger partial charge on any atom is 0.408 e. The molecule has 0 saturated carbocycles. The van der Waals surface area contributed by atoms with Gasteiger partial charge in [-0.25, -0.2) is 4.79 Å². The molecule has 1 aromatic rings. The predicted octanol–water partition coefficient (Wildman–Crippen LogP) is 1.95. The minimum Gasteiger partial charge on any atom is -0.444 e. The van der Waals surface area contributed by atoms with Crippen LogP contribution in [0.5, 0.6) is 0 Å². The number of H-pyrrole nitrogens is 1. The molecule has 0 aromatic carbocycles. The highest BCUT2D eigenvalue weighted by molar-refractivity contribution is 5.77. The Hall–Kier alpha value is -1.78. The van der Waals surface area contributed by atoms with Crippen molar-refractivity contribution >= 4 is 12.4 Å². The van der Waals surface area contributed by atoms with E-state index in [4.69, 9.17) is 4.74 Å². The number of aldehydes is 1. The highest BCUT2D eigenvalue weighted by Crippen LogP contribution is 2.18. The number of ether oxygens (including phenoxy) is 1. The maximum absolute atomic E-state index is 11.6. The topological polar surface area (TPSA) is 71.2 Å². The van der Waals surface area contributed by atoms with Crippen molar-refractivity contribution in [2.75, 3.05) is 0 Å². The molecule has 0 fully saturated rings. The average Bonchev–Trinajstić information content (AvgIpc) is 2.67. The second-order valence-corrected chi connectivity index (χ2v) is 5.05. The van der Waals surface area contributed by atoms with Gasteiger partial charge in [0.05, 0.1) is 0 Å². The molecule has 5 heteroatoms. The first-order valence-corrected chi connectivity index (χ1v) is 5.37. The van der Waals surface area contributed by atoms with Gasteiger partial charge in [0, 0.05) is 18.0 Å². The molecular weight excluding hydrogens is 220 g/mol. The molecule has 0 saturated heterocycles. The monoisotopic (exact) mass is 238 g/mol. The zero-order valence-electron chi connectivity index (χ0n) is 10.5. The number of hydrogen-bond donors (Lipinski definition) is 2. The molecule has 17 heavy (non-hydrogen) atoms. The second-order valence-electron chi connectivity index (χ2n) is 5.05. The van der Waals surface area contributed by atoms with Crippen LogP contribution in [0.2, 0.25) is 0 Å². The molecular formula is C12H18N2O3. The Kier molecular flexibility index (Phi) is 3.60. The number of rotatable bonds is 3. The van der Waals surface area contributed by atoms with Gasteiger partial charge in [0.1, 0.15) is 17.4 Å². The van der Waals surface area contributed by atoms with Crippen molar-refractivity contribution in [3.05, 3.63) is 24.0 Å². The highest BCUT2D eigenvalue weighted by Gasteiger charge is 2.30. The van der Waals surface area contributed by atoms with Crippen LogP contribution in [-0.2, 0) is 15.1 Å². The Morgan fingerprint density at radius 3 is 2.47 bits per heavy atom. The lowest BCUT2D eigenvalue weighted by Gasteiger charge is -2.26. The van der Waals surface area contributed by atoms with Crippen LogP contribution in [0.1, 0.15) is 33.3 Å². The van der Waals surface area contributed by atoms with Crippen molar-refractivity contribution in [2.24, 2.45) is 0 Å². The third-order valence-corrected chi connectivity index (χ3v) is 2.19. The van der Waals surface area contributed by atoms with Crippen molar-refractivity contribution < 1.29 is 14.3 Å². The highest BCUT2D eigenvalue weighted by atomic mass is 16.6. The Labute approximate surface area is 101 Å². The first kappa shape index (κ1) is 13.3. The van der Waals surface area contributed by atoms with Crippen LogP contribution in [0.4, 0.5) is 4.79 Å². The van der Waals surface area contributed by atoms with Crippen LogP contribution in [0, 0.1) is 0 Å². The first-order chi connectivity index (χ1) is 7.77. The van der Waals surface area contributed by atoms with E-state index in [1.165, 1.54) is 0 Å². The minimum absolute atomic E-state index is 0.591. The van der Waals surface area contributed by atoms with E-state index in [0.29, 0.717) is 11.8 Å². The van der Waals surface area contributed by atoms with Crippen LogP contribution < -0.4 is 5.32 Å². The van der Waals surface area contributed by atoms with Gasteiger partial charge >= 0.3 is 6.09 Å². The van der Waals surface area contributed by atoms with E-state index in [-0.39, 0.29) is 0 Å². The summed E-state index contributed by atoms with van der Waals surface area (Å²) in [5, 5.41) is 2.55. The summed E-state index contributed by atoms with van der Waals surface area (Å²) in [5.41, 5.74) is -0.993. The lowest BCUT2D eigenvalue weighted by atomic mass is 9.97. The van der Waals surface area contributed by atoms with Gasteiger partial charge in [0.15, 0.2) is 0 Å². The summed E-state index contributed by atoms with van der Waals surface area (Å²) in [6.45, 7) is 6.91. The van der Waals surface area contributed by atoms with Gasteiger partial charge in [0.25, 0.3) is 0 Å². The number of alkyl carbamates (subject to hydrolysis) is 1. The summed E-state index contributed by atoms with van der Waals surface area (Å²) in [6, 6.07) is 1.73. The summed E-state index contributed by atoms with van der Waals surface area (Å²) < 4.78 is 5.11. The smallest absolute Gasteiger partial charge is 0.408 e. The van der Waals surface area contributed by atoms with Crippen LogP contribution >= 0.6 is 0 Å². The molecule has 0 aliphatic carbocycles. The normalized spacial score (nSPS) is 14.8. The zero-order valence-corrected chi connectivity index (χ0v) is 10.5. The Bertz CT molecular complexity index is 392. The van der Waals surface area contributed by atoms with Crippen LogP contribution in [0.3, 0.4) is 0 Å². The Morgan fingerprint density at radius 1 is 1.41 bits per heavy atom. The van der Waals surface area contributed by atoms with Crippen molar-refractivity contribution in [1.29, 1.82) is 0 Å². The van der Waals surface area contributed by atoms with Crippen LogP contribution in [0.15, 0.2) is 18.5 Å². The number of hydrogen-bond acceptors (Lipinski definition) is 3. The van der Waals surface area contributed by atoms with Gasteiger partial charge in [0.2, 0.25) is 0 Å². The molecule has 0 bridgehead atoms. The number of aromatic nitrogens is 1. The molecule has 1 unspecified atom stereocenters. The minimum atomic E-state index is -1.08. The molecule has 1 aromatic heterocycles. The lowest BCUT2D eigenvalue weighted by Crippen LogP contribution is -2.46. The van der Waals surface area contributed by atoms with Gasteiger partial charge in [-0.15, -0.1) is 0 Å². The van der Waals surface area contributed by atoms with Crippen LogP contribution in [-0.4, -0.2) is 23.0 Å². The maximum atomic E-state index is 11.6. The van der Waals surface area contributed by atoms with E-state index in [1.807, 2.05) is 0 Å². The number of carbonyl (C=O) groups excluding carboxylic acids is 2. The molecule has 1 heterocycles. The third kappa shape index (κ3) is 3.62. The third-order valence-electron chi connectivity index (χ3n) is 2.19. The van der Waals surface area contributed by atoms with E-state index >= 15 is 0 Å². The molecule has 1 rings (SSSR count). The van der Waals surface area contributed by atoms with Crippen molar-refractivity contribution in [3.63, 3.8) is 0 Å². The van der Waals surface area contributed by atoms with E-state index in [9.17, 15) is 9.59 Å². The fourth-order valence-electron chi connectivity index (χ4n) is 1.33. The van der Waals surface area contributed by atoms with Crippen LogP contribution in [0.25, 0.3) is 0 Å². The SMILES string of the molecule is CC(C)(C)OC(=O)NC(C)(C=O)c1cc[nH]c1. The summed E-state index contributed by atoms with van der Waals surface area (Å²) in [4.78, 5) is 25.6. The van der Waals surface area contributed by atoms with Gasteiger partial charge in [-0.3, -0.25) is 0 Å².